The molecule has 0 amide bonds. The Morgan fingerprint density at radius 3 is 1.83 bits per heavy atom. The summed E-state index contributed by atoms with van der Waals surface area (Å²) in [4.78, 5) is -3.25. The van der Waals surface area contributed by atoms with E-state index in [1.165, 1.54) is 54.6 Å². The highest BCUT2D eigenvalue weighted by Gasteiger charge is 2.27. The van der Waals surface area contributed by atoms with Crippen LogP contribution in [0.2, 0.25) is 0 Å². The number of fused-ring (bicyclic) bond motifs is 1. The molecule has 370 valence electrons. The Labute approximate surface area is 403 Å². The highest BCUT2D eigenvalue weighted by Crippen LogP contribution is 2.49. The zero-order chi connectivity index (χ0) is 51.0. The standard InChI is InChI=1S/C36H31N9O19S6/c37-20-1-11-26(28(46)17-20)41-39-21-2-4-23(5-3-21)45-68(52,53)24-8-6-22(7-9-24)40-44-35-31(70(57,58)59)16-19-15-29(65-63-61-48)34(33(38)32(19)36(35)47)43-42-27-12-10-25(18-30(27)69(54,55)56)67(50,51)14-13-60-66-64-62-49/h1-12,15-18,45-49H,13-14,37-38H2,(H,54,55,56)(H,57,58,59). The summed E-state index contributed by atoms with van der Waals surface area (Å²) < 4.78 is 138. The molecular weight excluding hydrogens is 1050 g/mol. The number of azo groups is 3. The van der Waals surface area contributed by atoms with Gasteiger partial charge in [-0.2, -0.15) is 27.1 Å². The van der Waals surface area contributed by atoms with Gasteiger partial charge in [-0.15, -0.1) is 29.1 Å². The Bertz CT molecular complexity index is 3500. The number of sulfonamides is 1. The van der Waals surface area contributed by atoms with E-state index in [-0.39, 0.29) is 62.4 Å². The van der Waals surface area contributed by atoms with Gasteiger partial charge in [0.05, 0.1) is 61.5 Å². The normalized spacial score (nSPS) is 12.7. The van der Waals surface area contributed by atoms with Crippen LogP contribution < -0.4 is 16.2 Å². The smallest absolute Gasteiger partial charge is 0.296 e. The van der Waals surface area contributed by atoms with Crippen LogP contribution in [0.25, 0.3) is 10.8 Å². The monoisotopic (exact) mass is 1090 g/mol. The average molecular weight is 1090 g/mol. The van der Waals surface area contributed by atoms with Crippen molar-refractivity contribution in [2.24, 2.45) is 30.7 Å². The van der Waals surface area contributed by atoms with Crippen LogP contribution in [0.4, 0.5) is 51.2 Å². The molecule has 6 aromatic rings. The maximum absolute atomic E-state index is 13.2. The first kappa shape index (κ1) is 52.9. The summed E-state index contributed by atoms with van der Waals surface area (Å²) in [7, 11) is -19.0. The quantitative estimate of drug-likeness (QED) is 0.00624. The number of hydrogen-bond acceptors (Lipinski definition) is 27. The fourth-order valence-electron chi connectivity index (χ4n) is 5.78. The van der Waals surface area contributed by atoms with Crippen molar-refractivity contribution >= 4 is 126 Å². The molecule has 0 atom stereocenters. The Hall–Kier alpha value is -6.48. The number of hydrogen-bond donors (Lipinski definition) is 9. The molecule has 0 heterocycles. The number of rotatable bonds is 21. The van der Waals surface area contributed by atoms with E-state index in [1.807, 2.05) is 0 Å². The Kier molecular flexibility index (Phi) is 16.7. The molecule has 0 bridgehead atoms. The second kappa shape index (κ2) is 22.1. The van der Waals surface area contributed by atoms with Gasteiger partial charge in [-0.05, 0) is 96.4 Å². The number of nitrogens with two attached hydrogens (primary N) is 2. The summed E-state index contributed by atoms with van der Waals surface area (Å²) in [5, 5.41) is 68.0. The minimum absolute atomic E-state index is 0.0845. The molecule has 28 nitrogen and oxygen atoms in total. The molecule has 11 N–H and O–H groups in total. The molecule has 0 saturated carbocycles. The molecule has 0 aliphatic carbocycles. The summed E-state index contributed by atoms with van der Waals surface area (Å²) in [5.41, 5.74) is 10.2. The van der Waals surface area contributed by atoms with Crippen LogP contribution >= 0.6 is 24.4 Å². The second-order valence-electron chi connectivity index (χ2n) is 13.5. The van der Waals surface area contributed by atoms with Crippen molar-refractivity contribution in [1.29, 1.82) is 0 Å². The van der Waals surface area contributed by atoms with E-state index < -0.39 is 101 Å². The zero-order valence-electron chi connectivity index (χ0n) is 34.4. The minimum atomic E-state index is -5.24. The van der Waals surface area contributed by atoms with E-state index in [1.54, 1.807) is 0 Å². The number of sulfone groups is 1. The lowest BCUT2D eigenvalue weighted by Crippen LogP contribution is -2.12. The largest absolute Gasteiger partial charge is 0.506 e. The fourth-order valence-corrected chi connectivity index (χ4v) is 10.2. The maximum atomic E-state index is 13.2. The summed E-state index contributed by atoms with van der Waals surface area (Å²) in [6, 6.07) is 18.7. The Morgan fingerprint density at radius 2 is 1.20 bits per heavy atom. The first-order valence-corrected chi connectivity index (χ1v) is 25.9. The molecular formula is C36H31N9O19S6. The van der Waals surface area contributed by atoms with Crippen LogP contribution in [0.3, 0.4) is 0 Å². The molecule has 6 rings (SSSR count). The zero-order valence-corrected chi connectivity index (χ0v) is 39.3. The van der Waals surface area contributed by atoms with Crippen molar-refractivity contribution in [3.05, 3.63) is 97.1 Å². The third-order valence-corrected chi connectivity index (χ3v) is 14.7. The van der Waals surface area contributed by atoms with Gasteiger partial charge in [0.1, 0.15) is 38.3 Å². The van der Waals surface area contributed by atoms with Crippen LogP contribution in [0, 0.1) is 0 Å². The molecule has 0 aromatic heterocycles. The van der Waals surface area contributed by atoms with Crippen LogP contribution in [-0.2, 0) is 63.0 Å². The third kappa shape index (κ3) is 13.0. The minimum Gasteiger partial charge on any atom is -0.506 e. The summed E-state index contributed by atoms with van der Waals surface area (Å²) in [6.45, 7) is -0.545. The van der Waals surface area contributed by atoms with Crippen LogP contribution in [0.5, 0.6) is 11.5 Å². The van der Waals surface area contributed by atoms with E-state index in [2.05, 4.69) is 54.2 Å². The highest BCUT2D eigenvalue weighted by molar-refractivity contribution is 7.94. The number of phenolic OH excluding ortho intramolecular Hbond substituents is 2. The molecule has 0 spiro atoms. The SMILES string of the molecule is Nc1ccc(N=Nc2ccc(NS(=O)(=O)c3ccc(N=Nc4c(S(=O)(=O)O)cc5cc(SOOO)c(N=Nc6ccc(S(=O)(=O)CCOSOOO)cc6S(=O)(=O)O)c(N)c5c4O)cc3)cc2)c(O)c1. The van der Waals surface area contributed by atoms with Crippen molar-refractivity contribution in [2.45, 2.75) is 24.5 Å². The number of nitrogens with zero attached hydrogens (tertiary/aromatic N) is 6. The van der Waals surface area contributed by atoms with E-state index in [0.29, 0.717) is 17.4 Å². The number of anilines is 3. The van der Waals surface area contributed by atoms with Gasteiger partial charge in [-0.3, -0.25) is 18.0 Å². The van der Waals surface area contributed by atoms with E-state index in [9.17, 15) is 53.0 Å². The second-order valence-corrected chi connectivity index (χ2v) is 21.3. The van der Waals surface area contributed by atoms with E-state index >= 15 is 0 Å². The topological polar surface area (TPSA) is 442 Å². The van der Waals surface area contributed by atoms with Gasteiger partial charge in [-0.1, -0.05) is 10.1 Å². The molecule has 6 aromatic carbocycles. The fraction of sp³-hybridized carbons (Fsp3) is 0.0556. The molecule has 0 radical (unpaired) electrons. The molecule has 34 heteroatoms. The van der Waals surface area contributed by atoms with Gasteiger partial charge >= 0.3 is 0 Å². The van der Waals surface area contributed by atoms with E-state index in [4.69, 9.17) is 26.2 Å². The van der Waals surface area contributed by atoms with Crippen molar-refractivity contribution in [1.82, 2.24) is 0 Å². The Balaban J connectivity index is 1.30. The van der Waals surface area contributed by atoms with Gasteiger partial charge in [-0.25, -0.2) is 27.4 Å². The number of aromatic hydroxyl groups is 2. The number of benzene rings is 6. The van der Waals surface area contributed by atoms with Crippen molar-refractivity contribution in [3.8, 4) is 11.5 Å². The molecule has 0 fully saturated rings. The maximum Gasteiger partial charge on any atom is 0.296 e. The summed E-state index contributed by atoms with van der Waals surface area (Å²) in [5.74, 6) is -1.98. The molecule has 0 aliphatic heterocycles. The lowest BCUT2D eigenvalue weighted by Gasteiger charge is -2.14. The van der Waals surface area contributed by atoms with Gasteiger partial charge in [0.25, 0.3) is 30.3 Å². The Morgan fingerprint density at radius 1 is 0.614 bits per heavy atom. The van der Waals surface area contributed by atoms with Crippen molar-refractivity contribution < 1.29 is 86.4 Å². The van der Waals surface area contributed by atoms with Crippen LogP contribution in [-0.4, -0.2) is 75.9 Å². The first-order chi connectivity index (χ1) is 33.0. The summed E-state index contributed by atoms with van der Waals surface area (Å²) in [6.07, 6.45) is 0. The number of phenols is 2. The molecule has 70 heavy (non-hydrogen) atoms. The third-order valence-electron chi connectivity index (χ3n) is 8.92. The lowest BCUT2D eigenvalue weighted by atomic mass is 10.1. The number of nitrogens with one attached hydrogen (secondary N) is 1. The van der Waals surface area contributed by atoms with Gasteiger partial charge in [0.2, 0.25) is 0 Å². The van der Waals surface area contributed by atoms with E-state index in [0.717, 1.165) is 36.4 Å². The summed E-state index contributed by atoms with van der Waals surface area (Å²) >= 11 is 0.263. The van der Waals surface area contributed by atoms with Crippen LogP contribution in [0.1, 0.15) is 0 Å². The number of nitrogen functional groups attached to an aromatic ring is 2. The first-order valence-electron chi connectivity index (χ1n) is 18.4. The van der Waals surface area contributed by atoms with Crippen LogP contribution in [0.15, 0.2) is 152 Å². The van der Waals surface area contributed by atoms with Gasteiger partial charge < -0.3 is 21.7 Å². The predicted octanol–water partition coefficient (Wildman–Crippen LogP) is 8.16. The molecule has 0 aliphatic rings. The highest BCUT2D eigenvalue weighted by atomic mass is 32.2. The predicted molar refractivity (Wildman–Crippen MR) is 246 cm³/mol. The van der Waals surface area contributed by atoms with Gasteiger partial charge in [0.15, 0.2) is 27.9 Å². The average Bonchev–Trinajstić information content (AvgIpc) is 3.29. The lowest BCUT2D eigenvalue weighted by molar-refractivity contribution is -0.434. The molecule has 0 saturated heterocycles. The molecule has 0 unspecified atom stereocenters. The van der Waals surface area contributed by atoms with Crippen molar-refractivity contribution in [2.75, 3.05) is 28.5 Å². The van der Waals surface area contributed by atoms with Crippen molar-refractivity contribution in [3.63, 3.8) is 0 Å². The van der Waals surface area contributed by atoms with Gasteiger partial charge in [0, 0.05) is 17.4 Å².